The van der Waals surface area contributed by atoms with Crippen molar-refractivity contribution in [2.45, 2.75) is 17.5 Å². The number of carbonyl (C=O) groups is 1. The van der Waals surface area contributed by atoms with Gasteiger partial charge in [-0.25, -0.2) is 0 Å². The number of aromatic nitrogens is 2. The van der Waals surface area contributed by atoms with Crippen molar-refractivity contribution in [2.24, 2.45) is 7.05 Å². The van der Waals surface area contributed by atoms with Gasteiger partial charge in [0.1, 0.15) is 11.6 Å². The Labute approximate surface area is 151 Å². The zero-order valence-corrected chi connectivity index (χ0v) is 15.8. The van der Waals surface area contributed by atoms with Crippen LogP contribution in [0.1, 0.15) is 23.5 Å². The summed E-state index contributed by atoms with van der Waals surface area (Å²) in [4.78, 5) is 29.0. The number of thioether (sulfide) groups is 1. The van der Waals surface area contributed by atoms with Gasteiger partial charge in [0, 0.05) is 29.4 Å². The van der Waals surface area contributed by atoms with E-state index in [2.05, 4.69) is 26.2 Å². The Morgan fingerprint density at radius 2 is 2.17 bits per heavy atom. The molecule has 1 aromatic carbocycles. The predicted octanol–water partition coefficient (Wildman–Crippen LogP) is 2.75. The highest BCUT2D eigenvalue weighted by atomic mass is 79.9. The number of hydrogen-bond acceptors (Lipinski definition) is 5. The van der Waals surface area contributed by atoms with Crippen molar-refractivity contribution in [3.8, 4) is 5.75 Å². The minimum atomic E-state index is -0.400. The van der Waals surface area contributed by atoms with Gasteiger partial charge in [0.25, 0.3) is 5.56 Å². The van der Waals surface area contributed by atoms with Gasteiger partial charge in [-0.15, -0.1) is 0 Å². The third-order valence-electron chi connectivity index (χ3n) is 4.05. The number of hydrogen-bond donors (Lipinski definition) is 1. The molecule has 6 nitrogen and oxygen atoms in total. The first-order valence-corrected chi connectivity index (χ1v) is 9.26. The van der Waals surface area contributed by atoms with Gasteiger partial charge in [0.2, 0.25) is 5.91 Å². The highest BCUT2D eigenvalue weighted by Crippen LogP contribution is 2.40. The van der Waals surface area contributed by atoms with Crippen LogP contribution in [0, 0.1) is 0 Å². The second kappa shape index (κ2) is 6.60. The van der Waals surface area contributed by atoms with Crippen LogP contribution in [-0.4, -0.2) is 28.8 Å². The van der Waals surface area contributed by atoms with Crippen LogP contribution in [0.4, 0.5) is 5.82 Å². The number of nitrogens with one attached hydrogen (secondary N) is 1. The molecule has 0 fully saturated rings. The van der Waals surface area contributed by atoms with Crippen molar-refractivity contribution in [2.75, 3.05) is 18.7 Å². The van der Waals surface area contributed by atoms with Gasteiger partial charge in [-0.1, -0.05) is 27.7 Å². The lowest BCUT2D eigenvalue weighted by Gasteiger charge is -2.28. The standard InChI is InChI=1S/C16H16BrN3O3S/c1-20-14-13(15(22)19-16(20)24-3)10(7-12(21)18-14)9-6-8(17)4-5-11(9)23-2/h4-6,10H,7H2,1-3H3,(H,18,21). The Bertz CT molecular complexity index is 882. The molecule has 1 aliphatic rings. The molecule has 1 amide bonds. The Balaban J connectivity index is 2.28. The van der Waals surface area contributed by atoms with Crippen LogP contribution in [0.25, 0.3) is 0 Å². The maximum atomic E-state index is 12.6. The van der Waals surface area contributed by atoms with E-state index in [1.807, 2.05) is 24.5 Å². The monoisotopic (exact) mass is 409 g/mol. The van der Waals surface area contributed by atoms with Crippen molar-refractivity contribution in [1.29, 1.82) is 0 Å². The average molecular weight is 410 g/mol. The number of ether oxygens (including phenoxy) is 1. The molecule has 1 aliphatic heterocycles. The van der Waals surface area contributed by atoms with E-state index in [1.54, 1.807) is 18.7 Å². The summed E-state index contributed by atoms with van der Waals surface area (Å²) in [7, 11) is 3.36. The molecule has 8 heteroatoms. The molecule has 1 atom stereocenters. The van der Waals surface area contributed by atoms with Crippen molar-refractivity contribution >= 4 is 39.4 Å². The first-order valence-electron chi connectivity index (χ1n) is 7.24. The number of halogens is 1. The van der Waals surface area contributed by atoms with Crippen LogP contribution in [-0.2, 0) is 11.8 Å². The fourth-order valence-corrected chi connectivity index (χ4v) is 3.88. The smallest absolute Gasteiger partial charge is 0.279 e. The normalized spacial score (nSPS) is 16.5. The minimum absolute atomic E-state index is 0.136. The summed E-state index contributed by atoms with van der Waals surface area (Å²) >= 11 is 4.80. The van der Waals surface area contributed by atoms with Crippen LogP contribution >= 0.6 is 27.7 Å². The largest absolute Gasteiger partial charge is 0.496 e. The third kappa shape index (κ3) is 2.84. The molecule has 0 bridgehead atoms. The molecule has 3 rings (SSSR count). The first-order chi connectivity index (χ1) is 11.5. The van der Waals surface area contributed by atoms with Crippen LogP contribution in [0.5, 0.6) is 5.75 Å². The molecule has 1 unspecified atom stereocenters. The SMILES string of the molecule is COc1ccc(Br)cc1C1CC(=O)Nc2c1c(=O)nc(SC)n2C. The number of rotatable bonds is 3. The molecule has 0 aliphatic carbocycles. The van der Waals surface area contributed by atoms with Gasteiger partial charge in [0.05, 0.1) is 12.7 Å². The van der Waals surface area contributed by atoms with E-state index in [1.165, 1.54) is 11.8 Å². The van der Waals surface area contributed by atoms with Crippen LogP contribution in [0.15, 0.2) is 32.6 Å². The van der Waals surface area contributed by atoms with E-state index in [0.29, 0.717) is 22.3 Å². The van der Waals surface area contributed by atoms with E-state index in [4.69, 9.17) is 4.74 Å². The second-order valence-electron chi connectivity index (χ2n) is 5.42. The van der Waals surface area contributed by atoms with Crippen LogP contribution < -0.4 is 15.6 Å². The van der Waals surface area contributed by atoms with Gasteiger partial charge in [0.15, 0.2) is 5.16 Å². The molecule has 1 N–H and O–H groups in total. The van der Waals surface area contributed by atoms with E-state index in [9.17, 15) is 9.59 Å². The predicted molar refractivity (Wildman–Crippen MR) is 97.0 cm³/mol. The molecule has 1 aromatic heterocycles. The lowest BCUT2D eigenvalue weighted by Crippen LogP contribution is -2.33. The van der Waals surface area contributed by atoms with Crippen LogP contribution in [0.3, 0.4) is 0 Å². The van der Waals surface area contributed by atoms with E-state index in [-0.39, 0.29) is 17.9 Å². The maximum Gasteiger partial charge on any atom is 0.279 e. The van der Waals surface area contributed by atoms with E-state index < -0.39 is 5.92 Å². The van der Waals surface area contributed by atoms with Crippen molar-refractivity contribution in [3.63, 3.8) is 0 Å². The van der Waals surface area contributed by atoms with Gasteiger partial charge < -0.3 is 14.6 Å². The maximum absolute atomic E-state index is 12.6. The molecular weight excluding hydrogens is 394 g/mol. The number of nitrogens with zero attached hydrogens (tertiary/aromatic N) is 2. The summed E-state index contributed by atoms with van der Waals surface area (Å²) in [5, 5.41) is 3.37. The minimum Gasteiger partial charge on any atom is -0.496 e. The number of amides is 1. The fourth-order valence-electron chi connectivity index (χ4n) is 2.96. The molecule has 0 saturated carbocycles. The van der Waals surface area contributed by atoms with Gasteiger partial charge in [-0.2, -0.15) is 4.98 Å². The molecule has 0 spiro atoms. The highest BCUT2D eigenvalue weighted by Gasteiger charge is 2.33. The third-order valence-corrected chi connectivity index (χ3v) is 5.27. The first kappa shape index (κ1) is 17.0. The summed E-state index contributed by atoms with van der Waals surface area (Å²) in [6, 6.07) is 5.56. The summed E-state index contributed by atoms with van der Waals surface area (Å²) in [6.45, 7) is 0. The van der Waals surface area contributed by atoms with Gasteiger partial charge in [-0.3, -0.25) is 9.59 Å². The van der Waals surface area contributed by atoms with Crippen LogP contribution in [0.2, 0.25) is 0 Å². The summed E-state index contributed by atoms with van der Waals surface area (Å²) < 4.78 is 8.04. The molecule has 24 heavy (non-hydrogen) atoms. The zero-order chi connectivity index (χ0) is 17.4. The summed E-state index contributed by atoms with van der Waals surface area (Å²) in [5.74, 6) is 0.605. The molecule has 0 radical (unpaired) electrons. The Hall–Kier alpha value is -1.80. The molecule has 0 saturated heterocycles. The van der Waals surface area contributed by atoms with E-state index >= 15 is 0 Å². The number of anilines is 1. The number of methoxy groups -OCH3 is 1. The quantitative estimate of drug-likeness (QED) is 0.623. The van der Waals surface area contributed by atoms with Gasteiger partial charge in [-0.05, 0) is 24.5 Å². The Kier molecular flexibility index (Phi) is 4.69. The molecular formula is C16H16BrN3O3S. The molecule has 2 aromatic rings. The van der Waals surface area contributed by atoms with Crippen molar-refractivity contribution in [1.82, 2.24) is 9.55 Å². The second-order valence-corrected chi connectivity index (χ2v) is 7.11. The van der Waals surface area contributed by atoms with Crippen molar-refractivity contribution in [3.05, 3.63) is 44.2 Å². The fraction of sp³-hybridized carbons (Fsp3) is 0.312. The zero-order valence-electron chi connectivity index (χ0n) is 13.4. The summed E-state index contributed by atoms with van der Waals surface area (Å²) in [6.07, 6.45) is 2.02. The summed E-state index contributed by atoms with van der Waals surface area (Å²) in [5.41, 5.74) is 0.963. The number of fused-ring (bicyclic) bond motifs is 1. The Morgan fingerprint density at radius 1 is 1.42 bits per heavy atom. The van der Waals surface area contributed by atoms with Crippen molar-refractivity contribution < 1.29 is 9.53 Å². The average Bonchev–Trinajstić information content (AvgIpc) is 2.57. The van der Waals surface area contributed by atoms with E-state index in [0.717, 1.165) is 10.0 Å². The highest BCUT2D eigenvalue weighted by molar-refractivity contribution is 9.10. The number of carbonyl (C=O) groups excluding carboxylic acids is 1. The topological polar surface area (TPSA) is 73.2 Å². The molecule has 126 valence electrons. The Morgan fingerprint density at radius 3 is 2.83 bits per heavy atom. The number of benzene rings is 1. The lowest BCUT2D eigenvalue weighted by atomic mass is 9.86. The van der Waals surface area contributed by atoms with Gasteiger partial charge >= 0.3 is 0 Å². The lowest BCUT2D eigenvalue weighted by molar-refractivity contribution is -0.116. The molecule has 2 heterocycles.